The Morgan fingerprint density at radius 1 is 1.21 bits per heavy atom. The van der Waals surface area contributed by atoms with Crippen molar-refractivity contribution in [2.45, 2.75) is 33.6 Å². The van der Waals surface area contributed by atoms with Gasteiger partial charge in [-0.2, -0.15) is 0 Å². The summed E-state index contributed by atoms with van der Waals surface area (Å²) in [4.78, 5) is 28.3. The third-order valence-corrected chi connectivity index (χ3v) is 4.58. The highest BCUT2D eigenvalue weighted by molar-refractivity contribution is 6.00. The van der Waals surface area contributed by atoms with Crippen molar-refractivity contribution in [3.63, 3.8) is 0 Å². The van der Waals surface area contributed by atoms with E-state index in [2.05, 4.69) is 28.6 Å². The fourth-order valence-corrected chi connectivity index (χ4v) is 3.15. The van der Waals surface area contributed by atoms with Crippen LogP contribution in [0, 0.1) is 6.92 Å². The summed E-state index contributed by atoms with van der Waals surface area (Å²) >= 11 is 0. The first-order valence-corrected chi connectivity index (χ1v) is 9.74. The van der Waals surface area contributed by atoms with Crippen LogP contribution >= 0.6 is 0 Å². The molecular weight excluding hydrogens is 368 g/mol. The number of carbonyl (C=O) groups excluding carboxylic acids is 2. The van der Waals surface area contributed by atoms with Gasteiger partial charge < -0.3 is 19.8 Å². The second-order valence-corrected chi connectivity index (χ2v) is 6.81. The van der Waals surface area contributed by atoms with Crippen LogP contribution in [0.15, 0.2) is 42.6 Å². The van der Waals surface area contributed by atoms with Gasteiger partial charge >= 0.3 is 0 Å². The predicted octanol–water partition coefficient (Wildman–Crippen LogP) is 3.36. The Labute approximate surface area is 170 Å². The van der Waals surface area contributed by atoms with E-state index in [1.54, 1.807) is 18.3 Å². The third kappa shape index (κ3) is 4.93. The Bertz CT molecular complexity index is 1030. The van der Waals surface area contributed by atoms with Crippen molar-refractivity contribution in [2.75, 3.05) is 18.5 Å². The third-order valence-electron chi connectivity index (χ3n) is 4.58. The van der Waals surface area contributed by atoms with Crippen LogP contribution in [-0.4, -0.2) is 34.4 Å². The largest absolute Gasteiger partial charge is 0.493 e. The lowest BCUT2D eigenvalue weighted by Crippen LogP contribution is -2.25. The van der Waals surface area contributed by atoms with Crippen molar-refractivity contribution in [3.8, 4) is 5.75 Å². The first-order chi connectivity index (χ1) is 14.0. The number of nitrogens with one attached hydrogen (secondary N) is 2. The molecule has 1 aromatic carbocycles. The first kappa shape index (κ1) is 20.4. The lowest BCUT2D eigenvalue weighted by molar-refractivity contribution is -0.114. The fraction of sp³-hybridized carbons (Fsp3) is 0.318. The lowest BCUT2D eigenvalue weighted by atomic mass is 10.1. The van der Waals surface area contributed by atoms with Gasteiger partial charge in [0, 0.05) is 31.4 Å². The van der Waals surface area contributed by atoms with Gasteiger partial charge in [-0.25, -0.2) is 4.98 Å². The normalized spacial score (nSPS) is 10.7. The average Bonchev–Trinajstić information content (AvgIpc) is 3.12. The molecule has 29 heavy (non-hydrogen) atoms. The highest BCUT2D eigenvalue weighted by Crippen LogP contribution is 2.19. The summed E-state index contributed by atoms with van der Waals surface area (Å²) in [6.45, 7) is 6.44. The molecule has 2 amide bonds. The number of anilines is 1. The molecule has 0 saturated carbocycles. The minimum Gasteiger partial charge on any atom is -0.493 e. The van der Waals surface area contributed by atoms with Gasteiger partial charge in [-0.05, 0) is 37.5 Å². The molecule has 152 valence electrons. The molecule has 0 atom stereocenters. The summed E-state index contributed by atoms with van der Waals surface area (Å²) in [5, 5.41) is 5.58. The zero-order valence-corrected chi connectivity index (χ0v) is 17.0. The molecular formula is C22H26N4O3. The molecule has 0 aliphatic rings. The van der Waals surface area contributed by atoms with Crippen LogP contribution in [0.1, 0.15) is 41.9 Å². The zero-order valence-electron chi connectivity index (χ0n) is 17.0. The maximum Gasteiger partial charge on any atom is 0.255 e. The van der Waals surface area contributed by atoms with Crippen LogP contribution < -0.4 is 15.4 Å². The van der Waals surface area contributed by atoms with E-state index >= 15 is 0 Å². The number of rotatable bonds is 8. The van der Waals surface area contributed by atoms with Crippen molar-refractivity contribution in [2.24, 2.45) is 0 Å². The highest BCUT2D eigenvalue weighted by Gasteiger charge is 2.14. The van der Waals surface area contributed by atoms with Crippen molar-refractivity contribution >= 4 is 23.3 Å². The average molecular weight is 394 g/mol. The standard InChI is InChI=1S/C22H26N4O3/c1-4-17-8-5-6-9-19(17)29-13-7-11-23-22(28)18-10-12-26-15(2)14-20(24-16(3)27)25-21(18)26/h5-6,8-10,12,14H,4,7,11,13H2,1-3H3,(H,23,28)(H,24,25,27). The summed E-state index contributed by atoms with van der Waals surface area (Å²) in [6.07, 6.45) is 3.41. The Hall–Kier alpha value is -3.35. The minimum atomic E-state index is -0.205. The molecule has 7 heteroatoms. The van der Waals surface area contributed by atoms with E-state index in [0.717, 1.165) is 17.9 Å². The number of fused-ring (bicyclic) bond motifs is 1. The van der Waals surface area contributed by atoms with Crippen molar-refractivity contribution in [3.05, 3.63) is 59.4 Å². The number of nitrogens with zero attached hydrogens (tertiary/aromatic N) is 2. The van der Waals surface area contributed by atoms with Gasteiger partial charge in [-0.1, -0.05) is 25.1 Å². The van der Waals surface area contributed by atoms with Crippen LogP contribution in [0.2, 0.25) is 0 Å². The Kier molecular flexibility index (Phi) is 6.49. The molecule has 3 aromatic rings. The Balaban J connectivity index is 1.58. The van der Waals surface area contributed by atoms with E-state index in [1.807, 2.05) is 29.5 Å². The van der Waals surface area contributed by atoms with Crippen molar-refractivity contribution < 1.29 is 14.3 Å². The SMILES string of the molecule is CCc1ccccc1OCCCNC(=O)c1ccn2c(C)cc(NC(C)=O)nc12. The number of carbonyl (C=O) groups is 2. The predicted molar refractivity (Wildman–Crippen MR) is 112 cm³/mol. The van der Waals surface area contributed by atoms with E-state index < -0.39 is 0 Å². The monoisotopic (exact) mass is 394 g/mol. The quantitative estimate of drug-likeness (QED) is 0.574. The van der Waals surface area contributed by atoms with E-state index in [0.29, 0.717) is 36.6 Å². The number of para-hydroxylation sites is 1. The second-order valence-electron chi connectivity index (χ2n) is 6.81. The number of hydrogen-bond acceptors (Lipinski definition) is 4. The molecule has 2 aromatic heterocycles. The molecule has 0 radical (unpaired) electrons. The fourth-order valence-electron chi connectivity index (χ4n) is 3.15. The molecule has 2 N–H and O–H groups in total. The van der Waals surface area contributed by atoms with Gasteiger partial charge in [0.15, 0.2) is 5.65 Å². The molecule has 0 aliphatic carbocycles. The van der Waals surface area contributed by atoms with E-state index in [1.165, 1.54) is 12.5 Å². The molecule has 0 saturated heterocycles. The van der Waals surface area contributed by atoms with Crippen molar-refractivity contribution in [1.82, 2.24) is 14.7 Å². The lowest BCUT2D eigenvalue weighted by Gasteiger charge is -2.10. The molecule has 2 heterocycles. The minimum absolute atomic E-state index is 0.201. The van der Waals surface area contributed by atoms with Gasteiger partial charge in [-0.3, -0.25) is 9.59 Å². The first-order valence-electron chi connectivity index (χ1n) is 9.74. The smallest absolute Gasteiger partial charge is 0.255 e. The van der Waals surface area contributed by atoms with E-state index in [4.69, 9.17) is 4.74 Å². The van der Waals surface area contributed by atoms with E-state index in [-0.39, 0.29) is 11.8 Å². The molecule has 0 bridgehead atoms. The number of amides is 2. The number of ether oxygens (including phenoxy) is 1. The van der Waals surface area contributed by atoms with Crippen LogP contribution in [0.3, 0.4) is 0 Å². The summed E-state index contributed by atoms with van der Waals surface area (Å²) in [5.41, 5.74) is 3.03. The molecule has 3 rings (SSSR count). The maximum atomic E-state index is 12.6. The summed E-state index contributed by atoms with van der Waals surface area (Å²) in [6, 6.07) is 11.5. The second kappa shape index (κ2) is 9.23. The van der Waals surface area contributed by atoms with Gasteiger partial charge in [-0.15, -0.1) is 0 Å². The van der Waals surface area contributed by atoms with Gasteiger partial charge in [0.05, 0.1) is 12.2 Å². The Morgan fingerprint density at radius 2 is 2.00 bits per heavy atom. The van der Waals surface area contributed by atoms with Crippen LogP contribution in [-0.2, 0) is 11.2 Å². The van der Waals surface area contributed by atoms with Gasteiger partial charge in [0.1, 0.15) is 11.6 Å². The number of hydrogen-bond donors (Lipinski definition) is 2. The molecule has 0 fully saturated rings. The van der Waals surface area contributed by atoms with Crippen LogP contribution in [0.25, 0.3) is 5.65 Å². The number of aryl methyl sites for hydroxylation is 2. The molecule has 0 aliphatic heterocycles. The van der Waals surface area contributed by atoms with E-state index in [9.17, 15) is 9.59 Å². The van der Waals surface area contributed by atoms with Gasteiger partial charge in [0.25, 0.3) is 5.91 Å². The topological polar surface area (TPSA) is 84.7 Å². The zero-order chi connectivity index (χ0) is 20.8. The number of aromatic nitrogens is 2. The summed E-state index contributed by atoms with van der Waals surface area (Å²) < 4.78 is 7.66. The molecule has 7 nitrogen and oxygen atoms in total. The Morgan fingerprint density at radius 3 is 2.76 bits per heavy atom. The molecule has 0 unspecified atom stereocenters. The molecule has 0 spiro atoms. The maximum absolute atomic E-state index is 12.6. The summed E-state index contributed by atoms with van der Waals surface area (Å²) in [5.74, 6) is 0.917. The van der Waals surface area contributed by atoms with Crippen molar-refractivity contribution in [1.29, 1.82) is 0 Å². The highest BCUT2D eigenvalue weighted by atomic mass is 16.5. The number of benzene rings is 1. The van der Waals surface area contributed by atoms with Crippen LogP contribution in [0.4, 0.5) is 5.82 Å². The summed E-state index contributed by atoms with van der Waals surface area (Å²) in [7, 11) is 0. The van der Waals surface area contributed by atoms with Crippen LogP contribution in [0.5, 0.6) is 5.75 Å². The van der Waals surface area contributed by atoms with Gasteiger partial charge in [0.2, 0.25) is 5.91 Å².